The zero-order chi connectivity index (χ0) is 11.7. The molecule has 0 radical (unpaired) electrons. The number of ketones is 1. The van der Waals surface area contributed by atoms with Gasteiger partial charge in [0.2, 0.25) is 0 Å². The fourth-order valence-electron chi connectivity index (χ4n) is 1.79. The minimum Gasteiger partial charge on any atom is -0.295 e. The van der Waals surface area contributed by atoms with Crippen molar-refractivity contribution in [2.24, 2.45) is 5.92 Å². The van der Waals surface area contributed by atoms with Crippen LogP contribution in [0, 0.1) is 5.92 Å². The molecule has 0 aromatic carbocycles. The number of carbonyl (C=O) groups excluding carboxylic acids is 1. The first-order chi connectivity index (χ1) is 7.10. The van der Waals surface area contributed by atoms with Crippen molar-refractivity contribution in [1.29, 1.82) is 0 Å². The average molecular weight is 210 g/mol. The van der Waals surface area contributed by atoms with E-state index in [1.54, 1.807) is 6.08 Å². The van der Waals surface area contributed by atoms with Gasteiger partial charge in [0.25, 0.3) is 0 Å². The number of hydrogen-bond donors (Lipinski definition) is 0. The quantitative estimate of drug-likeness (QED) is 0.538. The highest BCUT2D eigenvalue weighted by Gasteiger charge is 2.07. The van der Waals surface area contributed by atoms with Crippen LogP contribution in [0.15, 0.2) is 11.6 Å². The summed E-state index contributed by atoms with van der Waals surface area (Å²) in [5.74, 6) is 1.05. The summed E-state index contributed by atoms with van der Waals surface area (Å²) in [6, 6.07) is 0. The van der Waals surface area contributed by atoms with Crippen LogP contribution in [-0.4, -0.2) is 5.78 Å². The molecular formula is C14H26O. The summed E-state index contributed by atoms with van der Waals surface area (Å²) in [5.41, 5.74) is 1.11. The molecule has 0 aliphatic rings. The monoisotopic (exact) mass is 210 g/mol. The van der Waals surface area contributed by atoms with E-state index in [0.29, 0.717) is 5.78 Å². The maximum absolute atomic E-state index is 11.5. The highest BCUT2D eigenvalue weighted by atomic mass is 16.1. The first-order valence-corrected chi connectivity index (χ1v) is 6.27. The van der Waals surface area contributed by atoms with Crippen molar-refractivity contribution >= 4 is 5.78 Å². The molecule has 0 rings (SSSR count). The first-order valence-electron chi connectivity index (χ1n) is 6.27. The summed E-state index contributed by atoms with van der Waals surface area (Å²) in [4.78, 5) is 11.5. The highest BCUT2D eigenvalue weighted by molar-refractivity contribution is 5.90. The van der Waals surface area contributed by atoms with Crippen LogP contribution in [-0.2, 0) is 4.79 Å². The molecule has 0 amide bonds. The molecule has 1 unspecified atom stereocenters. The molecule has 1 heteroatoms. The minimum absolute atomic E-state index is 0.296. The Morgan fingerprint density at radius 1 is 1.20 bits per heavy atom. The van der Waals surface area contributed by atoms with E-state index in [2.05, 4.69) is 13.8 Å². The molecule has 0 aliphatic carbocycles. The molecule has 1 atom stereocenters. The van der Waals surface area contributed by atoms with Gasteiger partial charge in [0.1, 0.15) is 0 Å². The molecular weight excluding hydrogens is 184 g/mol. The average Bonchev–Trinajstić information content (AvgIpc) is 2.17. The number of allylic oxidation sites excluding steroid dienone is 2. The Hall–Kier alpha value is -0.590. The zero-order valence-electron chi connectivity index (χ0n) is 10.8. The molecule has 1 nitrogen and oxygen atoms in total. The van der Waals surface area contributed by atoms with Gasteiger partial charge in [-0.15, -0.1) is 0 Å². The van der Waals surface area contributed by atoms with Crippen LogP contribution in [0.1, 0.15) is 66.2 Å². The third kappa shape index (κ3) is 8.41. The first kappa shape index (κ1) is 14.4. The van der Waals surface area contributed by atoms with Crippen LogP contribution >= 0.6 is 0 Å². The van der Waals surface area contributed by atoms with Crippen molar-refractivity contribution in [3.63, 3.8) is 0 Å². The van der Waals surface area contributed by atoms with Crippen molar-refractivity contribution in [2.75, 3.05) is 0 Å². The fraction of sp³-hybridized carbons (Fsp3) is 0.786. The maximum Gasteiger partial charge on any atom is 0.155 e. The van der Waals surface area contributed by atoms with Crippen LogP contribution in [0.5, 0.6) is 0 Å². The predicted octanol–water partition coefficient (Wildman–Crippen LogP) is 4.52. The standard InChI is InChI=1S/C14H26O/c1-5-7-8-13(6-2)9-10-14(15)11-12(3)4/h11,13H,5-10H2,1-4H3. The van der Waals surface area contributed by atoms with E-state index < -0.39 is 0 Å². The lowest BCUT2D eigenvalue weighted by Gasteiger charge is -2.12. The van der Waals surface area contributed by atoms with Gasteiger partial charge in [-0.3, -0.25) is 4.79 Å². The van der Waals surface area contributed by atoms with Crippen molar-refractivity contribution in [1.82, 2.24) is 0 Å². The molecule has 88 valence electrons. The lowest BCUT2D eigenvalue weighted by atomic mass is 9.93. The van der Waals surface area contributed by atoms with Crippen molar-refractivity contribution in [3.05, 3.63) is 11.6 Å². The van der Waals surface area contributed by atoms with E-state index in [9.17, 15) is 4.79 Å². The van der Waals surface area contributed by atoms with Gasteiger partial charge >= 0.3 is 0 Å². The molecule has 0 saturated heterocycles. The maximum atomic E-state index is 11.5. The Morgan fingerprint density at radius 2 is 1.87 bits per heavy atom. The van der Waals surface area contributed by atoms with Crippen LogP contribution in [0.4, 0.5) is 0 Å². The summed E-state index contributed by atoms with van der Waals surface area (Å²) in [6.07, 6.45) is 8.63. The third-order valence-electron chi connectivity index (χ3n) is 2.79. The molecule has 0 bridgehead atoms. The van der Waals surface area contributed by atoms with E-state index >= 15 is 0 Å². The number of carbonyl (C=O) groups is 1. The number of rotatable bonds is 8. The molecule has 0 aliphatic heterocycles. The summed E-state index contributed by atoms with van der Waals surface area (Å²) in [7, 11) is 0. The highest BCUT2D eigenvalue weighted by Crippen LogP contribution is 2.18. The van der Waals surface area contributed by atoms with E-state index in [1.165, 1.54) is 25.7 Å². The Balaban J connectivity index is 3.79. The molecule has 15 heavy (non-hydrogen) atoms. The van der Waals surface area contributed by atoms with Gasteiger partial charge in [-0.1, -0.05) is 45.1 Å². The van der Waals surface area contributed by atoms with E-state index in [1.807, 2.05) is 13.8 Å². The van der Waals surface area contributed by atoms with Gasteiger partial charge in [0.05, 0.1) is 0 Å². The van der Waals surface area contributed by atoms with Crippen molar-refractivity contribution < 1.29 is 4.79 Å². The van der Waals surface area contributed by atoms with Crippen molar-refractivity contribution in [3.8, 4) is 0 Å². The zero-order valence-corrected chi connectivity index (χ0v) is 10.8. The second kappa shape index (κ2) is 8.70. The Labute approximate surface area is 95.0 Å². The lowest BCUT2D eigenvalue weighted by molar-refractivity contribution is -0.114. The second-order valence-corrected chi connectivity index (χ2v) is 4.64. The molecule has 0 fully saturated rings. The van der Waals surface area contributed by atoms with Crippen LogP contribution in [0.25, 0.3) is 0 Å². The topological polar surface area (TPSA) is 17.1 Å². The number of unbranched alkanes of at least 4 members (excludes halogenated alkanes) is 1. The SMILES string of the molecule is CCCCC(CC)CCC(=O)C=C(C)C. The predicted molar refractivity (Wildman–Crippen MR) is 67.0 cm³/mol. The molecule has 0 heterocycles. The van der Waals surface area contributed by atoms with Gasteiger partial charge in [0, 0.05) is 6.42 Å². The van der Waals surface area contributed by atoms with Gasteiger partial charge < -0.3 is 0 Å². The Kier molecular flexibility index (Phi) is 8.35. The number of hydrogen-bond acceptors (Lipinski definition) is 1. The van der Waals surface area contributed by atoms with Gasteiger partial charge in [-0.25, -0.2) is 0 Å². The van der Waals surface area contributed by atoms with Gasteiger partial charge in [0.15, 0.2) is 5.78 Å². The van der Waals surface area contributed by atoms with Crippen LogP contribution < -0.4 is 0 Å². The third-order valence-corrected chi connectivity index (χ3v) is 2.79. The Bertz CT molecular complexity index is 199. The Morgan fingerprint density at radius 3 is 2.33 bits per heavy atom. The molecule has 0 aromatic rings. The molecule has 0 aromatic heterocycles. The smallest absolute Gasteiger partial charge is 0.155 e. The fourth-order valence-corrected chi connectivity index (χ4v) is 1.79. The van der Waals surface area contributed by atoms with Crippen LogP contribution in [0.3, 0.4) is 0 Å². The van der Waals surface area contributed by atoms with E-state index in [-0.39, 0.29) is 0 Å². The minimum atomic E-state index is 0.296. The van der Waals surface area contributed by atoms with Crippen molar-refractivity contribution in [2.45, 2.75) is 66.2 Å². The molecule has 0 N–H and O–H groups in total. The second-order valence-electron chi connectivity index (χ2n) is 4.64. The van der Waals surface area contributed by atoms with Crippen LogP contribution in [0.2, 0.25) is 0 Å². The molecule has 0 spiro atoms. The van der Waals surface area contributed by atoms with E-state index in [0.717, 1.165) is 24.3 Å². The summed E-state index contributed by atoms with van der Waals surface area (Å²) in [5, 5.41) is 0. The summed E-state index contributed by atoms with van der Waals surface area (Å²) in [6.45, 7) is 8.41. The summed E-state index contributed by atoms with van der Waals surface area (Å²) < 4.78 is 0. The van der Waals surface area contributed by atoms with Gasteiger partial charge in [-0.05, 0) is 32.3 Å². The normalized spacial score (nSPS) is 12.3. The van der Waals surface area contributed by atoms with Gasteiger partial charge in [-0.2, -0.15) is 0 Å². The lowest BCUT2D eigenvalue weighted by Crippen LogP contribution is -2.03. The molecule has 0 saturated carbocycles. The largest absolute Gasteiger partial charge is 0.295 e. The van der Waals surface area contributed by atoms with E-state index in [4.69, 9.17) is 0 Å². The summed E-state index contributed by atoms with van der Waals surface area (Å²) >= 11 is 0.